The molecule has 0 rings (SSSR count). The summed E-state index contributed by atoms with van der Waals surface area (Å²) in [6.45, 7) is 11.5. The fraction of sp³-hybridized carbons (Fsp3) is 0.455. The van der Waals surface area contributed by atoms with Gasteiger partial charge in [-0.05, 0) is 45.9 Å². The number of hydrogen-bond donors (Lipinski definition) is 0. The van der Waals surface area contributed by atoms with Gasteiger partial charge in [-0.25, -0.2) is 0 Å². The summed E-state index contributed by atoms with van der Waals surface area (Å²) in [6, 6.07) is 0. The Labute approximate surface area is 85.7 Å². The van der Waals surface area contributed by atoms with Crippen molar-refractivity contribution in [3.05, 3.63) is 35.6 Å². The highest BCUT2D eigenvalue weighted by Gasteiger charge is 2.11. The molecule has 0 aliphatic rings. The molecule has 0 saturated heterocycles. The molecule has 1 nitrogen and oxygen atoms in total. The van der Waals surface area contributed by atoms with Gasteiger partial charge in [-0.1, -0.05) is 18.2 Å². The third kappa shape index (κ3) is 7.66. The lowest BCUT2D eigenvalue weighted by Crippen LogP contribution is -2.17. The van der Waals surface area contributed by atoms with E-state index >= 15 is 0 Å². The van der Waals surface area contributed by atoms with Crippen LogP contribution in [0.2, 0.25) is 0 Å². The predicted molar refractivity (Wildman–Crippen MR) is 58.7 cm³/mol. The van der Waals surface area contributed by atoms with Crippen LogP contribution in [0.15, 0.2) is 35.6 Å². The maximum atomic E-state index is 5.61. The van der Waals surface area contributed by atoms with Gasteiger partial charge in [-0.2, -0.15) is 0 Å². The van der Waals surface area contributed by atoms with Gasteiger partial charge in [-0.3, -0.25) is 0 Å². The molecule has 0 unspecified atom stereocenters. The van der Waals surface area contributed by atoms with Crippen molar-refractivity contribution in [2.75, 3.05) is 0 Å². The zero-order valence-electron chi connectivity index (χ0n) is 8.73. The minimum atomic E-state index is -0.181. The van der Waals surface area contributed by atoms with E-state index < -0.39 is 0 Å². The number of allylic oxidation sites excluding steroid dienone is 4. The van der Waals surface area contributed by atoms with E-state index in [1.54, 1.807) is 12.2 Å². The van der Waals surface area contributed by atoms with Crippen LogP contribution in [0.25, 0.3) is 0 Å². The SMILES string of the molecule is C=C(Cl)/C=C\C(=C/C)OC(C)(C)C. The molecular weight excluding hydrogens is 184 g/mol. The Morgan fingerprint density at radius 1 is 1.31 bits per heavy atom. The fourth-order valence-corrected chi connectivity index (χ4v) is 0.778. The summed E-state index contributed by atoms with van der Waals surface area (Å²) >= 11 is 5.59. The zero-order chi connectivity index (χ0) is 10.5. The molecular formula is C11H17ClO. The largest absolute Gasteiger partial charge is 0.489 e. The van der Waals surface area contributed by atoms with Crippen molar-refractivity contribution in [2.45, 2.75) is 33.3 Å². The Morgan fingerprint density at radius 2 is 1.85 bits per heavy atom. The van der Waals surface area contributed by atoms with Gasteiger partial charge in [0, 0.05) is 5.03 Å². The van der Waals surface area contributed by atoms with Gasteiger partial charge < -0.3 is 4.74 Å². The van der Waals surface area contributed by atoms with Gasteiger partial charge in [0.15, 0.2) is 0 Å². The van der Waals surface area contributed by atoms with E-state index in [0.717, 1.165) is 5.76 Å². The highest BCUT2D eigenvalue weighted by Crippen LogP contribution is 2.15. The second kappa shape index (κ2) is 5.13. The van der Waals surface area contributed by atoms with E-state index in [4.69, 9.17) is 16.3 Å². The van der Waals surface area contributed by atoms with Crippen LogP contribution >= 0.6 is 11.6 Å². The Hall–Kier alpha value is -0.690. The van der Waals surface area contributed by atoms with Crippen LogP contribution in [-0.4, -0.2) is 5.60 Å². The van der Waals surface area contributed by atoms with Crippen molar-refractivity contribution in [1.29, 1.82) is 0 Å². The summed E-state index contributed by atoms with van der Waals surface area (Å²) in [6.07, 6.45) is 5.41. The van der Waals surface area contributed by atoms with E-state index in [1.165, 1.54) is 0 Å². The first kappa shape index (κ1) is 12.3. The van der Waals surface area contributed by atoms with Gasteiger partial charge in [0.2, 0.25) is 0 Å². The van der Waals surface area contributed by atoms with Gasteiger partial charge in [0.1, 0.15) is 11.4 Å². The van der Waals surface area contributed by atoms with Crippen molar-refractivity contribution >= 4 is 11.6 Å². The third-order valence-corrected chi connectivity index (χ3v) is 1.26. The summed E-state index contributed by atoms with van der Waals surface area (Å²) < 4.78 is 5.61. The fourth-order valence-electron chi connectivity index (χ4n) is 0.715. The third-order valence-electron chi connectivity index (χ3n) is 1.14. The smallest absolute Gasteiger partial charge is 0.115 e. The van der Waals surface area contributed by atoms with Crippen LogP contribution in [0.3, 0.4) is 0 Å². The first-order valence-electron chi connectivity index (χ1n) is 4.23. The normalized spacial score (nSPS) is 13.5. The second-order valence-electron chi connectivity index (χ2n) is 3.69. The second-order valence-corrected chi connectivity index (χ2v) is 4.17. The topological polar surface area (TPSA) is 9.23 Å². The molecule has 0 heterocycles. The number of hydrogen-bond acceptors (Lipinski definition) is 1. The summed E-state index contributed by atoms with van der Waals surface area (Å²) in [7, 11) is 0. The quantitative estimate of drug-likeness (QED) is 0.494. The Balaban J connectivity index is 4.31. The lowest BCUT2D eigenvalue weighted by atomic mass is 10.2. The molecule has 13 heavy (non-hydrogen) atoms. The lowest BCUT2D eigenvalue weighted by Gasteiger charge is -2.21. The lowest BCUT2D eigenvalue weighted by molar-refractivity contribution is 0.0597. The van der Waals surface area contributed by atoms with E-state index in [1.807, 2.05) is 33.8 Å². The van der Waals surface area contributed by atoms with E-state index in [9.17, 15) is 0 Å². The van der Waals surface area contributed by atoms with Gasteiger partial charge in [0.05, 0.1) is 0 Å². The molecule has 2 heteroatoms. The summed E-state index contributed by atoms with van der Waals surface area (Å²) in [5.74, 6) is 0.800. The molecule has 0 N–H and O–H groups in total. The van der Waals surface area contributed by atoms with Crippen LogP contribution in [0.4, 0.5) is 0 Å². The molecule has 0 amide bonds. The minimum absolute atomic E-state index is 0.181. The summed E-state index contributed by atoms with van der Waals surface area (Å²) in [5, 5.41) is 0.497. The molecule has 0 spiro atoms. The number of ether oxygens (including phenoxy) is 1. The summed E-state index contributed by atoms with van der Waals surface area (Å²) in [4.78, 5) is 0. The molecule has 0 aliphatic heterocycles. The van der Waals surface area contributed by atoms with Crippen LogP contribution in [0.1, 0.15) is 27.7 Å². The molecule has 74 valence electrons. The van der Waals surface area contributed by atoms with Crippen molar-refractivity contribution in [3.8, 4) is 0 Å². The van der Waals surface area contributed by atoms with Crippen molar-refractivity contribution in [2.24, 2.45) is 0 Å². The van der Waals surface area contributed by atoms with E-state index in [0.29, 0.717) is 5.03 Å². The van der Waals surface area contributed by atoms with Crippen molar-refractivity contribution in [1.82, 2.24) is 0 Å². The Kier molecular flexibility index (Phi) is 4.86. The predicted octanol–water partition coefficient (Wildman–Crippen LogP) is 4.01. The monoisotopic (exact) mass is 200 g/mol. The van der Waals surface area contributed by atoms with Gasteiger partial charge >= 0.3 is 0 Å². The maximum absolute atomic E-state index is 5.61. The first-order valence-corrected chi connectivity index (χ1v) is 4.61. The maximum Gasteiger partial charge on any atom is 0.115 e. The van der Waals surface area contributed by atoms with Crippen molar-refractivity contribution in [3.63, 3.8) is 0 Å². The molecule has 0 bridgehead atoms. The molecule has 0 aromatic heterocycles. The highest BCUT2D eigenvalue weighted by atomic mass is 35.5. The summed E-state index contributed by atoms with van der Waals surface area (Å²) in [5.41, 5.74) is -0.181. The van der Waals surface area contributed by atoms with Crippen LogP contribution in [0, 0.1) is 0 Å². The molecule has 0 fully saturated rings. The molecule has 0 aliphatic carbocycles. The molecule has 0 saturated carbocycles. The van der Waals surface area contributed by atoms with Crippen molar-refractivity contribution < 1.29 is 4.74 Å². The average Bonchev–Trinajstić information content (AvgIpc) is 1.95. The minimum Gasteiger partial charge on any atom is -0.489 e. The molecule has 0 aromatic carbocycles. The molecule has 0 radical (unpaired) electrons. The molecule has 0 atom stereocenters. The number of halogens is 1. The van der Waals surface area contributed by atoms with Gasteiger partial charge in [0.25, 0.3) is 0 Å². The Morgan fingerprint density at radius 3 is 2.15 bits per heavy atom. The molecule has 0 aromatic rings. The highest BCUT2D eigenvalue weighted by molar-refractivity contribution is 6.30. The Bertz CT molecular complexity index is 231. The standard InChI is InChI=1S/C11H17ClO/c1-6-10(8-7-9(2)12)13-11(3,4)5/h6-8H,2H2,1,3-5H3/b8-7-,10-6+. The van der Waals surface area contributed by atoms with Crippen LogP contribution < -0.4 is 0 Å². The number of rotatable bonds is 3. The average molecular weight is 201 g/mol. The van der Waals surface area contributed by atoms with Gasteiger partial charge in [-0.15, -0.1) is 0 Å². The van der Waals surface area contributed by atoms with E-state index in [2.05, 4.69) is 6.58 Å². The first-order chi connectivity index (χ1) is 5.85. The van der Waals surface area contributed by atoms with Crippen LogP contribution in [-0.2, 0) is 4.74 Å². The van der Waals surface area contributed by atoms with E-state index in [-0.39, 0.29) is 5.60 Å². The zero-order valence-corrected chi connectivity index (χ0v) is 9.48. The van der Waals surface area contributed by atoms with Crippen LogP contribution in [0.5, 0.6) is 0 Å².